The molecule has 0 spiro atoms. The highest BCUT2D eigenvalue weighted by Crippen LogP contribution is 2.29. The molecule has 0 radical (unpaired) electrons. The predicted octanol–water partition coefficient (Wildman–Crippen LogP) is 1.54. The molecule has 1 aliphatic rings. The van der Waals surface area contributed by atoms with Crippen molar-refractivity contribution in [2.45, 2.75) is 39.0 Å². The Morgan fingerprint density at radius 3 is 2.53 bits per heavy atom. The fourth-order valence-electron chi connectivity index (χ4n) is 2.41. The number of hydrogen-bond donors (Lipinski definition) is 2. The van der Waals surface area contributed by atoms with Gasteiger partial charge < -0.3 is 5.32 Å². The van der Waals surface area contributed by atoms with Gasteiger partial charge in [-0.25, -0.2) is 0 Å². The van der Waals surface area contributed by atoms with Gasteiger partial charge in [-0.15, -0.1) is 6.42 Å². The fraction of sp³-hybridized carbons (Fsp3) is 0.786. The highest BCUT2D eigenvalue weighted by Gasteiger charge is 2.19. The number of rotatable bonds is 6. The van der Waals surface area contributed by atoms with E-state index in [0.29, 0.717) is 19.0 Å². The Kier molecular flexibility index (Phi) is 6.73. The van der Waals surface area contributed by atoms with Gasteiger partial charge in [-0.3, -0.25) is 10.1 Å². The second kappa shape index (κ2) is 8.14. The zero-order valence-electron chi connectivity index (χ0n) is 10.8. The smallest absolute Gasteiger partial charge is 0.233 e. The number of hydrogen-bond acceptors (Lipinski definition) is 2. The van der Waals surface area contributed by atoms with Crippen LogP contribution in [-0.2, 0) is 4.79 Å². The Balaban J connectivity index is 2.07. The van der Waals surface area contributed by atoms with Crippen molar-refractivity contribution in [1.29, 1.82) is 0 Å². The third kappa shape index (κ3) is 5.74. The van der Waals surface area contributed by atoms with Crippen molar-refractivity contribution in [3.05, 3.63) is 0 Å². The number of terminal acetylenes is 1. The Hall–Kier alpha value is -1.01. The van der Waals surface area contributed by atoms with E-state index in [9.17, 15) is 4.79 Å². The molecule has 1 fully saturated rings. The van der Waals surface area contributed by atoms with Gasteiger partial charge in [0.2, 0.25) is 5.91 Å². The first-order valence-electron chi connectivity index (χ1n) is 6.67. The monoisotopic (exact) mass is 236 g/mol. The molecule has 0 unspecified atom stereocenters. The average molecular weight is 236 g/mol. The van der Waals surface area contributed by atoms with Crippen LogP contribution in [0.2, 0.25) is 0 Å². The van der Waals surface area contributed by atoms with Gasteiger partial charge in [-0.05, 0) is 24.7 Å². The first-order chi connectivity index (χ1) is 8.26. The first kappa shape index (κ1) is 14.1. The van der Waals surface area contributed by atoms with Crippen LogP contribution in [0.25, 0.3) is 0 Å². The van der Waals surface area contributed by atoms with Crippen LogP contribution in [0.4, 0.5) is 0 Å². The quantitative estimate of drug-likeness (QED) is 0.542. The van der Waals surface area contributed by atoms with E-state index in [2.05, 4.69) is 23.5 Å². The molecule has 3 nitrogen and oxygen atoms in total. The summed E-state index contributed by atoms with van der Waals surface area (Å²) in [6.07, 6.45) is 11.6. The molecule has 1 saturated carbocycles. The molecule has 3 heteroatoms. The lowest BCUT2D eigenvalue weighted by Gasteiger charge is -2.27. The number of nitrogens with one attached hydrogen (secondary N) is 2. The molecule has 0 aromatic heterocycles. The SMILES string of the molecule is C#CCNCC(=O)NCC1CCC(CC)CC1. The van der Waals surface area contributed by atoms with Gasteiger partial charge in [0.25, 0.3) is 0 Å². The second-order valence-electron chi connectivity index (χ2n) is 4.91. The molecule has 0 aliphatic heterocycles. The average Bonchev–Trinajstić information content (AvgIpc) is 2.37. The van der Waals surface area contributed by atoms with Crippen molar-refractivity contribution in [3.63, 3.8) is 0 Å². The van der Waals surface area contributed by atoms with Crippen molar-refractivity contribution in [3.8, 4) is 12.3 Å². The van der Waals surface area contributed by atoms with Gasteiger partial charge >= 0.3 is 0 Å². The summed E-state index contributed by atoms with van der Waals surface area (Å²) in [5, 5.41) is 5.86. The fourth-order valence-corrected chi connectivity index (χ4v) is 2.41. The zero-order chi connectivity index (χ0) is 12.5. The van der Waals surface area contributed by atoms with Crippen molar-refractivity contribution >= 4 is 5.91 Å². The highest BCUT2D eigenvalue weighted by molar-refractivity contribution is 5.77. The normalized spacial score (nSPS) is 24.0. The van der Waals surface area contributed by atoms with E-state index in [1.807, 2.05) is 0 Å². The molecule has 0 aromatic rings. The lowest BCUT2D eigenvalue weighted by Crippen LogP contribution is -2.37. The molecule has 1 aliphatic carbocycles. The van der Waals surface area contributed by atoms with Crippen molar-refractivity contribution in [1.82, 2.24) is 10.6 Å². The van der Waals surface area contributed by atoms with Gasteiger partial charge in [0.15, 0.2) is 0 Å². The molecule has 0 saturated heterocycles. The number of carbonyl (C=O) groups excluding carboxylic acids is 1. The summed E-state index contributed by atoms with van der Waals surface area (Å²) in [5.74, 6) is 4.09. The van der Waals surface area contributed by atoms with E-state index in [1.165, 1.54) is 32.1 Å². The van der Waals surface area contributed by atoms with Crippen LogP contribution in [0.5, 0.6) is 0 Å². The number of carbonyl (C=O) groups is 1. The largest absolute Gasteiger partial charge is 0.355 e. The van der Waals surface area contributed by atoms with Crippen LogP contribution < -0.4 is 10.6 Å². The molecule has 0 bridgehead atoms. The van der Waals surface area contributed by atoms with E-state index in [-0.39, 0.29) is 5.91 Å². The predicted molar refractivity (Wildman–Crippen MR) is 70.5 cm³/mol. The van der Waals surface area contributed by atoms with Gasteiger partial charge in [0.1, 0.15) is 0 Å². The molecule has 0 aromatic carbocycles. The minimum absolute atomic E-state index is 0.0536. The van der Waals surface area contributed by atoms with Crippen LogP contribution in [0, 0.1) is 24.2 Å². The maximum atomic E-state index is 11.4. The van der Waals surface area contributed by atoms with Crippen LogP contribution in [0.1, 0.15) is 39.0 Å². The van der Waals surface area contributed by atoms with E-state index in [0.717, 1.165) is 12.5 Å². The Labute approximate surface area is 105 Å². The third-order valence-corrected chi connectivity index (χ3v) is 3.64. The summed E-state index contributed by atoms with van der Waals surface area (Å²) >= 11 is 0. The molecule has 1 rings (SSSR count). The topological polar surface area (TPSA) is 41.1 Å². The van der Waals surface area contributed by atoms with Gasteiger partial charge in [-0.1, -0.05) is 32.1 Å². The first-order valence-corrected chi connectivity index (χ1v) is 6.67. The Bertz CT molecular complexity index is 262. The molecule has 0 atom stereocenters. The van der Waals surface area contributed by atoms with Crippen molar-refractivity contribution < 1.29 is 4.79 Å². The van der Waals surface area contributed by atoms with Gasteiger partial charge in [0, 0.05) is 6.54 Å². The minimum Gasteiger partial charge on any atom is -0.355 e. The van der Waals surface area contributed by atoms with Gasteiger partial charge in [0.05, 0.1) is 13.1 Å². The second-order valence-corrected chi connectivity index (χ2v) is 4.91. The maximum absolute atomic E-state index is 11.4. The summed E-state index contributed by atoms with van der Waals surface area (Å²) < 4.78 is 0. The van der Waals surface area contributed by atoms with Crippen LogP contribution in [-0.4, -0.2) is 25.5 Å². The summed E-state index contributed by atoms with van der Waals surface area (Å²) in [5.41, 5.74) is 0. The summed E-state index contributed by atoms with van der Waals surface area (Å²) in [6, 6.07) is 0. The van der Waals surface area contributed by atoms with Crippen LogP contribution >= 0.6 is 0 Å². The lowest BCUT2D eigenvalue weighted by molar-refractivity contribution is -0.120. The van der Waals surface area contributed by atoms with Gasteiger partial charge in [-0.2, -0.15) is 0 Å². The standard InChI is InChI=1S/C14H24N2O/c1-3-9-15-11-14(17)16-10-13-7-5-12(4-2)6-8-13/h1,12-13,15H,4-11H2,2H3,(H,16,17). The molecule has 17 heavy (non-hydrogen) atoms. The molecule has 1 amide bonds. The van der Waals surface area contributed by atoms with E-state index in [1.54, 1.807) is 0 Å². The van der Waals surface area contributed by atoms with Crippen molar-refractivity contribution in [2.75, 3.05) is 19.6 Å². The van der Waals surface area contributed by atoms with Crippen LogP contribution in [0.15, 0.2) is 0 Å². The highest BCUT2D eigenvalue weighted by atomic mass is 16.1. The Morgan fingerprint density at radius 2 is 1.94 bits per heavy atom. The van der Waals surface area contributed by atoms with E-state index >= 15 is 0 Å². The Morgan fingerprint density at radius 1 is 1.29 bits per heavy atom. The minimum atomic E-state index is 0.0536. The number of amides is 1. The van der Waals surface area contributed by atoms with E-state index in [4.69, 9.17) is 6.42 Å². The molecular formula is C14H24N2O. The van der Waals surface area contributed by atoms with Crippen LogP contribution in [0.3, 0.4) is 0 Å². The maximum Gasteiger partial charge on any atom is 0.233 e. The third-order valence-electron chi connectivity index (χ3n) is 3.64. The van der Waals surface area contributed by atoms with E-state index < -0.39 is 0 Å². The summed E-state index contributed by atoms with van der Waals surface area (Å²) in [4.78, 5) is 11.4. The molecule has 2 N–H and O–H groups in total. The summed E-state index contributed by atoms with van der Waals surface area (Å²) in [6.45, 7) is 3.88. The van der Waals surface area contributed by atoms with Crippen molar-refractivity contribution in [2.24, 2.45) is 11.8 Å². The lowest BCUT2D eigenvalue weighted by atomic mass is 9.81. The summed E-state index contributed by atoms with van der Waals surface area (Å²) in [7, 11) is 0. The molecular weight excluding hydrogens is 212 g/mol. The molecule has 96 valence electrons. The molecule has 0 heterocycles. The zero-order valence-corrected chi connectivity index (χ0v) is 10.8.